The molecule has 0 fully saturated rings. The van der Waals surface area contributed by atoms with Crippen molar-refractivity contribution in [1.82, 2.24) is 25.0 Å². The number of aromatic amines is 1. The molecule has 0 aliphatic carbocycles. The van der Waals surface area contributed by atoms with Gasteiger partial charge < -0.3 is 5.73 Å². The number of halogens is 1. The first kappa shape index (κ1) is 11.1. The van der Waals surface area contributed by atoms with E-state index in [1.165, 1.54) is 6.33 Å². The highest BCUT2D eigenvalue weighted by Gasteiger charge is 2.17. The van der Waals surface area contributed by atoms with E-state index in [0.717, 1.165) is 11.3 Å². The van der Waals surface area contributed by atoms with Crippen molar-refractivity contribution >= 4 is 11.6 Å². The van der Waals surface area contributed by atoms with Crippen LogP contribution < -0.4 is 5.73 Å². The van der Waals surface area contributed by atoms with Crippen molar-refractivity contribution in [2.45, 2.75) is 19.4 Å². The van der Waals surface area contributed by atoms with E-state index in [9.17, 15) is 0 Å². The van der Waals surface area contributed by atoms with Crippen LogP contribution in [0.15, 0.2) is 6.33 Å². The third-order valence-corrected chi connectivity index (χ3v) is 2.95. The second-order valence-corrected chi connectivity index (χ2v) is 4.02. The SMILES string of the molecule is Cc1nn(C)c(Cl)c1CC(N)c1ncn[nH]1. The molecule has 0 radical (unpaired) electrons. The summed E-state index contributed by atoms with van der Waals surface area (Å²) in [5.41, 5.74) is 7.83. The molecule has 86 valence electrons. The van der Waals surface area contributed by atoms with E-state index in [0.29, 0.717) is 17.4 Å². The Morgan fingerprint density at radius 1 is 1.62 bits per heavy atom. The summed E-state index contributed by atoms with van der Waals surface area (Å²) in [5.74, 6) is 0.652. The van der Waals surface area contributed by atoms with Gasteiger partial charge in [0.05, 0.1) is 11.7 Å². The number of aryl methyl sites for hydroxylation is 2. The highest BCUT2D eigenvalue weighted by atomic mass is 35.5. The molecule has 0 saturated carbocycles. The zero-order valence-corrected chi connectivity index (χ0v) is 9.86. The van der Waals surface area contributed by atoms with Crippen molar-refractivity contribution < 1.29 is 0 Å². The lowest BCUT2D eigenvalue weighted by Gasteiger charge is -2.07. The number of rotatable bonds is 3. The summed E-state index contributed by atoms with van der Waals surface area (Å²) in [6, 6.07) is -0.247. The first-order valence-electron chi connectivity index (χ1n) is 4.88. The fourth-order valence-corrected chi connectivity index (χ4v) is 1.87. The van der Waals surface area contributed by atoms with Crippen molar-refractivity contribution in [2.24, 2.45) is 12.8 Å². The van der Waals surface area contributed by atoms with Gasteiger partial charge >= 0.3 is 0 Å². The molecule has 16 heavy (non-hydrogen) atoms. The number of aromatic nitrogens is 5. The lowest BCUT2D eigenvalue weighted by atomic mass is 10.1. The highest BCUT2D eigenvalue weighted by molar-refractivity contribution is 6.30. The fourth-order valence-electron chi connectivity index (χ4n) is 1.62. The number of hydrogen-bond donors (Lipinski definition) is 2. The molecule has 0 saturated heterocycles. The van der Waals surface area contributed by atoms with Crippen LogP contribution in [0.25, 0.3) is 0 Å². The van der Waals surface area contributed by atoms with Gasteiger partial charge in [-0.25, -0.2) is 4.98 Å². The molecule has 2 heterocycles. The van der Waals surface area contributed by atoms with E-state index >= 15 is 0 Å². The summed E-state index contributed by atoms with van der Waals surface area (Å²) in [6.07, 6.45) is 2.03. The molecule has 0 amide bonds. The number of H-pyrrole nitrogens is 1. The van der Waals surface area contributed by atoms with Crippen LogP contribution >= 0.6 is 11.6 Å². The molecule has 2 aromatic rings. The van der Waals surface area contributed by atoms with Crippen LogP contribution in [0.3, 0.4) is 0 Å². The van der Waals surface area contributed by atoms with Crippen LogP contribution in [-0.2, 0) is 13.5 Å². The molecule has 7 heteroatoms. The van der Waals surface area contributed by atoms with Gasteiger partial charge in [0, 0.05) is 12.6 Å². The molecule has 2 rings (SSSR count). The van der Waals surface area contributed by atoms with Crippen LogP contribution in [0, 0.1) is 6.92 Å². The second kappa shape index (κ2) is 4.23. The standard InChI is InChI=1S/C9H13ClN6/c1-5-6(8(10)16(2)15-5)3-7(11)9-12-4-13-14-9/h4,7H,3,11H2,1-2H3,(H,12,13,14). The van der Waals surface area contributed by atoms with E-state index in [1.807, 2.05) is 6.92 Å². The maximum Gasteiger partial charge on any atom is 0.141 e. The zero-order chi connectivity index (χ0) is 11.7. The Labute approximate surface area is 97.8 Å². The molecule has 1 atom stereocenters. The minimum absolute atomic E-state index is 0.247. The van der Waals surface area contributed by atoms with E-state index < -0.39 is 0 Å². The van der Waals surface area contributed by atoms with Gasteiger partial charge in [0.1, 0.15) is 17.3 Å². The number of nitrogens with one attached hydrogen (secondary N) is 1. The van der Waals surface area contributed by atoms with Crippen molar-refractivity contribution in [2.75, 3.05) is 0 Å². The fraction of sp³-hybridized carbons (Fsp3) is 0.444. The molecule has 0 bridgehead atoms. The molecule has 1 unspecified atom stereocenters. The Morgan fingerprint density at radius 3 is 2.88 bits per heavy atom. The van der Waals surface area contributed by atoms with Gasteiger partial charge in [-0.1, -0.05) is 11.6 Å². The van der Waals surface area contributed by atoms with Crippen molar-refractivity contribution in [1.29, 1.82) is 0 Å². The van der Waals surface area contributed by atoms with Gasteiger partial charge in [0.2, 0.25) is 0 Å². The van der Waals surface area contributed by atoms with Gasteiger partial charge in [0.15, 0.2) is 0 Å². The monoisotopic (exact) mass is 240 g/mol. The molecule has 6 nitrogen and oxygen atoms in total. The van der Waals surface area contributed by atoms with Crippen molar-refractivity contribution in [3.8, 4) is 0 Å². The largest absolute Gasteiger partial charge is 0.321 e. The molecule has 3 N–H and O–H groups in total. The minimum Gasteiger partial charge on any atom is -0.321 e. The normalized spacial score (nSPS) is 13.0. The van der Waals surface area contributed by atoms with Crippen molar-refractivity contribution in [3.05, 3.63) is 28.6 Å². The topological polar surface area (TPSA) is 85.4 Å². The van der Waals surface area contributed by atoms with E-state index in [4.69, 9.17) is 17.3 Å². The summed E-state index contributed by atoms with van der Waals surface area (Å²) in [6.45, 7) is 1.91. The Balaban J connectivity index is 2.21. The quantitative estimate of drug-likeness (QED) is 0.829. The maximum absolute atomic E-state index is 6.12. The molecule has 0 aliphatic heterocycles. The van der Waals surface area contributed by atoms with Crippen LogP contribution in [0.4, 0.5) is 0 Å². The van der Waals surface area contributed by atoms with Crippen LogP contribution in [0.2, 0.25) is 5.15 Å². The van der Waals surface area contributed by atoms with Gasteiger partial charge in [-0.2, -0.15) is 10.2 Å². The number of hydrogen-bond acceptors (Lipinski definition) is 4. The van der Waals surface area contributed by atoms with Gasteiger partial charge in [-0.3, -0.25) is 9.78 Å². The third kappa shape index (κ3) is 1.94. The molecular weight excluding hydrogens is 228 g/mol. The Hall–Kier alpha value is -1.40. The van der Waals surface area contributed by atoms with Gasteiger partial charge in [-0.05, 0) is 13.3 Å². The summed E-state index contributed by atoms with van der Waals surface area (Å²) in [4.78, 5) is 4.02. The Bertz CT molecular complexity index is 474. The average Bonchev–Trinajstić information content (AvgIpc) is 2.83. The third-order valence-electron chi connectivity index (χ3n) is 2.48. The maximum atomic E-state index is 6.12. The van der Waals surface area contributed by atoms with E-state index in [2.05, 4.69) is 20.3 Å². The lowest BCUT2D eigenvalue weighted by molar-refractivity contribution is 0.668. The van der Waals surface area contributed by atoms with Crippen LogP contribution in [-0.4, -0.2) is 25.0 Å². The van der Waals surface area contributed by atoms with Crippen LogP contribution in [0.5, 0.6) is 0 Å². The van der Waals surface area contributed by atoms with Crippen molar-refractivity contribution in [3.63, 3.8) is 0 Å². The molecular formula is C9H13ClN6. The van der Waals surface area contributed by atoms with E-state index in [1.54, 1.807) is 11.7 Å². The average molecular weight is 241 g/mol. The predicted octanol–water partition coefficient (Wildman–Crippen LogP) is 0.743. The first-order chi connectivity index (χ1) is 7.59. The second-order valence-electron chi connectivity index (χ2n) is 3.66. The lowest BCUT2D eigenvalue weighted by Crippen LogP contribution is -2.15. The number of nitrogens with zero attached hydrogens (tertiary/aromatic N) is 4. The zero-order valence-electron chi connectivity index (χ0n) is 9.11. The highest BCUT2D eigenvalue weighted by Crippen LogP contribution is 2.22. The molecule has 0 aromatic carbocycles. The molecule has 0 aliphatic rings. The van der Waals surface area contributed by atoms with Gasteiger partial charge in [-0.15, -0.1) is 0 Å². The summed E-state index contributed by atoms with van der Waals surface area (Å²) in [7, 11) is 1.80. The Kier molecular flexibility index (Phi) is 2.93. The first-order valence-corrected chi connectivity index (χ1v) is 5.26. The summed E-state index contributed by atoms with van der Waals surface area (Å²) < 4.78 is 1.64. The van der Waals surface area contributed by atoms with Gasteiger partial charge in [0.25, 0.3) is 0 Å². The summed E-state index contributed by atoms with van der Waals surface area (Å²) >= 11 is 6.12. The minimum atomic E-state index is -0.247. The molecule has 2 aromatic heterocycles. The van der Waals surface area contributed by atoms with Crippen LogP contribution in [0.1, 0.15) is 23.1 Å². The summed E-state index contributed by atoms with van der Waals surface area (Å²) in [5, 5.41) is 11.4. The Morgan fingerprint density at radius 2 is 2.38 bits per heavy atom. The number of nitrogens with two attached hydrogens (primary N) is 1. The smallest absolute Gasteiger partial charge is 0.141 e. The predicted molar refractivity (Wildman–Crippen MR) is 60.0 cm³/mol. The molecule has 0 spiro atoms. The van der Waals surface area contributed by atoms with E-state index in [-0.39, 0.29) is 6.04 Å².